The Morgan fingerprint density at radius 2 is 1.17 bits per heavy atom. The topological polar surface area (TPSA) is 20.5 Å². The van der Waals surface area contributed by atoms with Gasteiger partial charge in [0.15, 0.2) is 0 Å². The largest absolute Gasteiger partial charge is 0.494 e. The molecule has 144 valence electrons. The number of hydrogen-bond acceptors (Lipinski definition) is 1. The summed E-state index contributed by atoms with van der Waals surface area (Å²) in [6.07, 6.45) is 2.21. The molecule has 3 aromatic carbocycles. The second-order valence-electron chi connectivity index (χ2n) is 7.03. The highest BCUT2D eigenvalue weighted by Gasteiger charge is 2.20. The minimum absolute atomic E-state index is 0.760. The quantitative estimate of drug-likeness (QED) is 0.241. The number of benzene rings is 3. The first kappa shape index (κ1) is 18.9. The van der Waals surface area contributed by atoms with Crippen LogP contribution in [0.5, 0.6) is 5.75 Å². The summed E-state index contributed by atoms with van der Waals surface area (Å²) in [6.45, 7) is 2.93. The first-order valence-electron chi connectivity index (χ1n) is 10.2. The minimum Gasteiger partial charge on any atom is -0.494 e. The zero-order chi connectivity index (χ0) is 19.9. The third kappa shape index (κ3) is 4.72. The van der Waals surface area contributed by atoms with Gasteiger partial charge < -0.3 is 4.74 Å². The molecule has 4 aromatic rings. The number of hydrogen-bond donors (Lipinski definition) is 0. The molecule has 0 amide bonds. The molecule has 0 N–H and O–H groups in total. The predicted molar refractivity (Wildman–Crippen MR) is 120 cm³/mol. The van der Waals surface area contributed by atoms with Crippen LogP contribution in [0.15, 0.2) is 101 Å². The Hall–Kier alpha value is -3.39. The van der Waals surface area contributed by atoms with Gasteiger partial charge in [-0.3, -0.25) is 0 Å². The van der Waals surface area contributed by atoms with Gasteiger partial charge in [0.2, 0.25) is 0 Å². The molecule has 1 heterocycles. The van der Waals surface area contributed by atoms with Crippen LogP contribution in [0.1, 0.15) is 19.8 Å². The molecule has 29 heavy (non-hydrogen) atoms. The van der Waals surface area contributed by atoms with Crippen LogP contribution < -0.4 is 4.74 Å². The Morgan fingerprint density at radius 1 is 0.621 bits per heavy atom. The van der Waals surface area contributed by atoms with E-state index in [0.29, 0.717) is 0 Å². The number of unbranched alkanes of at least 4 members (excludes halogenated alkanes) is 1. The van der Waals surface area contributed by atoms with E-state index in [2.05, 4.69) is 55.5 Å². The highest BCUT2D eigenvalue weighted by atomic mass is 16.5. The molecule has 0 spiro atoms. The van der Waals surface area contributed by atoms with Crippen LogP contribution in [0.25, 0.3) is 33.8 Å². The Balaban J connectivity index is 1.72. The van der Waals surface area contributed by atoms with E-state index in [0.717, 1.165) is 59.0 Å². The number of ether oxygens (including phenoxy) is 1. The molecule has 0 saturated heterocycles. The monoisotopic (exact) mass is 381 g/mol. The van der Waals surface area contributed by atoms with E-state index in [-0.39, 0.29) is 0 Å². The summed E-state index contributed by atoms with van der Waals surface area (Å²) in [5.41, 5.74) is 4.38. The molecule has 0 saturated carbocycles. The summed E-state index contributed by atoms with van der Waals surface area (Å²) >= 11 is 0. The summed E-state index contributed by atoms with van der Waals surface area (Å²) in [6, 6.07) is 33.0. The van der Waals surface area contributed by atoms with Crippen molar-refractivity contribution in [3.8, 4) is 39.5 Å². The van der Waals surface area contributed by atoms with Crippen LogP contribution in [0.3, 0.4) is 0 Å². The lowest BCUT2D eigenvalue weighted by Crippen LogP contribution is -1.96. The van der Waals surface area contributed by atoms with Crippen molar-refractivity contribution >= 4 is 0 Å². The second-order valence-corrected chi connectivity index (χ2v) is 7.03. The smallest absolute Gasteiger partial charge is 0.361 e. The fraction of sp³-hybridized carbons (Fsp3) is 0.148. The fourth-order valence-corrected chi connectivity index (χ4v) is 3.24. The summed E-state index contributed by atoms with van der Waals surface area (Å²) in [5, 5.41) is 0. The van der Waals surface area contributed by atoms with E-state index in [1.54, 1.807) is 0 Å². The van der Waals surface area contributed by atoms with Crippen LogP contribution in [0.4, 0.5) is 0 Å². The van der Waals surface area contributed by atoms with Crippen molar-refractivity contribution in [1.82, 2.24) is 0 Å². The van der Waals surface area contributed by atoms with Crippen LogP contribution in [0.2, 0.25) is 0 Å². The maximum atomic E-state index is 6.28. The van der Waals surface area contributed by atoms with Gasteiger partial charge >= 0.3 is 11.5 Å². The highest BCUT2D eigenvalue weighted by Crippen LogP contribution is 2.33. The van der Waals surface area contributed by atoms with Gasteiger partial charge in [-0.25, -0.2) is 4.42 Å². The highest BCUT2D eigenvalue weighted by molar-refractivity contribution is 5.74. The Bertz CT molecular complexity index is 981. The molecule has 0 fully saturated rings. The van der Waals surface area contributed by atoms with Gasteiger partial charge in [-0.2, -0.15) is 0 Å². The second kappa shape index (κ2) is 9.20. The van der Waals surface area contributed by atoms with E-state index in [1.807, 2.05) is 48.5 Å². The third-order valence-corrected chi connectivity index (χ3v) is 4.86. The Kier molecular flexibility index (Phi) is 6.01. The molecule has 0 aliphatic rings. The summed E-state index contributed by atoms with van der Waals surface area (Å²) in [4.78, 5) is 0. The van der Waals surface area contributed by atoms with Gasteiger partial charge in [-0.05, 0) is 48.4 Å². The molecule has 0 atom stereocenters. The third-order valence-electron chi connectivity index (χ3n) is 4.86. The standard InChI is InChI=1S/C27H25O2/c1-2-3-18-28-25-16-14-21(15-17-25)24-19-26(22-10-6-4-7-11-22)29-27(20-24)23-12-8-5-9-13-23/h4-17,19-20H,2-3,18H2,1H3/q+1. The van der Waals surface area contributed by atoms with Gasteiger partial charge in [0.1, 0.15) is 5.75 Å². The maximum Gasteiger partial charge on any atom is 0.361 e. The summed E-state index contributed by atoms with van der Waals surface area (Å²) < 4.78 is 12.1. The molecular formula is C27H25O2+. The lowest BCUT2D eigenvalue weighted by molar-refractivity contribution is 0.309. The van der Waals surface area contributed by atoms with E-state index in [1.165, 1.54) is 0 Å². The van der Waals surface area contributed by atoms with Crippen LogP contribution in [-0.4, -0.2) is 6.61 Å². The Labute approximate surface area is 172 Å². The zero-order valence-corrected chi connectivity index (χ0v) is 16.7. The van der Waals surface area contributed by atoms with E-state index in [9.17, 15) is 0 Å². The van der Waals surface area contributed by atoms with Gasteiger partial charge in [0.25, 0.3) is 0 Å². The van der Waals surface area contributed by atoms with E-state index < -0.39 is 0 Å². The van der Waals surface area contributed by atoms with E-state index in [4.69, 9.17) is 9.15 Å². The normalized spacial score (nSPS) is 10.7. The molecule has 0 unspecified atom stereocenters. The van der Waals surface area contributed by atoms with E-state index >= 15 is 0 Å². The summed E-state index contributed by atoms with van der Waals surface area (Å²) in [5.74, 6) is 2.62. The molecule has 2 nitrogen and oxygen atoms in total. The van der Waals surface area contributed by atoms with Crippen molar-refractivity contribution in [3.05, 3.63) is 97.1 Å². The predicted octanol–water partition coefficient (Wildman–Crippen LogP) is 7.74. The first-order chi connectivity index (χ1) is 14.3. The van der Waals surface area contributed by atoms with Gasteiger partial charge in [0, 0.05) is 5.56 Å². The fourth-order valence-electron chi connectivity index (χ4n) is 3.24. The molecule has 0 aliphatic carbocycles. The van der Waals surface area contributed by atoms with Crippen molar-refractivity contribution in [2.45, 2.75) is 19.8 Å². The first-order valence-corrected chi connectivity index (χ1v) is 10.2. The lowest BCUT2D eigenvalue weighted by atomic mass is 10.0. The molecule has 2 heteroatoms. The summed E-state index contributed by atoms with van der Waals surface area (Å²) in [7, 11) is 0. The van der Waals surface area contributed by atoms with Crippen LogP contribution >= 0.6 is 0 Å². The van der Waals surface area contributed by atoms with Crippen LogP contribution in [-0.2, 0) is 0 Å². The zero-order valence-electron chi connectivity index (χ0n) is 16.7. The van der Waals surface area contributed by atoms with Gasteiger partial charge in [-0.1, -0.05) is 61.9 Å². The average Bonchev–Trinajstić information content (AvgIpc) is 2.80. The molecule has 0 aliphatic heterocycles. The maximum absolute atomic E-state index is 6.28. The van der Waals surface area contributed by atoms with Gasteiger partial charge in [-0.15, -0.1) is 0 Å². The van der Waals surface area contributed by atoms with Crippen molar-refractivity contribution in [3.63, 3.8) is 0 Å². The van der Waals surface area contributed by atoms with Crippen molar-refractivity contribution in [1.29, 1.82) is 0 Å². The molecular weight excluding hydrogens is 356 g/mol. The Morgan fingerprint density at radius 3 is 1.69 bits per heavy atom. The average molecular weight is 381 g/mol. The molecule has 1 aromatic heterocycles. The number of rotatable bonds is 7. The minimum atomic E-state index is 0.760. The van der Waals surface area contributed by atoms with Crippen LogP contribution in [0, 0.1) is 0 Å². The van der Waals surface area contributed by atoms with Crippen molar-refractivity contribution in [2.24, 2.45) is 0 Å². The SMILES string of the molecule is CCCCOc1ccc(-c2cc(-c3ccccc3)[o+]c(-c3ccccc3)c2)cc1. The molecule has 0 bridgehead atoms. The molecule has 0 radical (unpaired) electrons. The van der Waals surface area contributed by atoms with Gasteiger partial charge in [0.05, 0.1) is 29.9 Å². The van der Waals surface area contributed by atoms with Crippen molar-refractivity contribution in [2.75, 3.05) is 6.61 Å². The molecule has 4 rings (SSSR count). The van der Waals surface area contributed by atoms with Crippen molar-refractivity contribution < 1.29 is 9.15 Å². The lowest BCUT2D eigenvalue weighted by Gasteiger charge is -2.07.